The minimum atomic E-state index is 0.00778. The van der Waals surface area contributed by atoms with Crippen LogP contribution in [0.2, 0.25) is 5.02 Å². The number of aliphatic hydroxyl groups is 1. The molecule has 1 heterocycles. The number of rotatable bonds is 3. The molecule has 0 bridgehead atoms. The van der Waals surface area contributed by atoms with E-state index >= 15 is 0 Å². The Morgan fingerprint density at radius 1 is 1.38 bits per heavy atom. The summed E-state index contributed by atoms with van der Waals surface area (Å²) in [5, 5.41) is 13.7. The normalized spacial score (nSPS) is 10.6. The molecule has 0 spiro atoms. The third kappa shape index (κ3) is 2.03. The molecule has 0 aliphatic rings. The van der Waals surface area contributed by atoms with E-state index in [0.29, 0.717) is 17.4 Å². The second-order valence-electron chi connectivity index (χ2n) is 3.38. The molecular weight excluding hydrogens is 226 g/mol. The van der Waals surface area contributed by atoms with Gasteiger partial charge in [0.1, 0.15) is 5.82 Å². The van der Waals surface area contributed by atoms with Crippen LogP contribution >= 0.6 is 11.6 Å². The van der Waals surface area contributed by atoms with E-state index in [-0.39, 0.29) is 6.61 Å². The van der Waals surface area contributed by atoms with Gasteiger partial charge in [0.2, 0.25) is 0 Å². The highest BCUT2D eigenvalue weighted by atomic mass is 35.5. The summed E-state index contributed by atoms with van der Waals surface area (Å²) < 4.78 is 1.55. The van der Waals surface area contributed by atoms with Gasteiger partial charge in [0.25, 0.3) is 0 Å². The van der Waals surface area contributed by atoms with E-state index in [1.54, 1.807) is 16.8 Å². The first-order valence-corrected chi connectivity index (χ1v) is 5.29. The number of nitrogens with zero attached hydrogens (tertiary/aromatic N) is 2. The third-order valence-electron chi connectivity index (χ3n) is 2.27. The van der Waals surface area contributed by atoms with Crippen molar-refractivity contribution >= 4 is 17.4 Å². The van der Waals surface area contributed by atoms with E-state index in [9.17, 15) is 0 Å². The molecule has 0 aliphatic heterocycles. The summed E-state index contributed by atoms with van der Waals surface area (Å²) in [6.45, 7) is 0.393. The van der Waals surface area contributed by atoms with Crippen LogP contribution in [0, 0.1) is 0 Å². The first-order chi connectivity index (χ1) is 7.72. The van der Waals surface area contributed by atoms with E-state index in [4.69, 9.17) is 22.4 Å². The van der Waals surface area contributed by atoms with Crippen molar-refractivity contribution in [3.05, 3.63) is 35.4 Å². The van der Waals surface area contributed by atoms with Crippen LogP contribution in [0.5, 0.6) is 0 Å². The fraction of sp³-hybridized carbons (Fsp3) is 0.182. The Morgan fingerprint density at radius 3 is 2.81 bits per heavy atom. The van der Waals surface area contributed by atoms with Gasteiger partial charge in [0, 0.05) is 11.6 Å². The van der Waals surface area contributed by atoms with Crippen LogP contribution in [0.3, 0.4) is 0 Å². The number of anilines is 1. The molecule has 0 aliphatic carbocycles. The van der Waals surface area contributed by atoms with E-state index < -0.39 is 0 Å². The molecule has 2 aromatic rings. The summed E-state index contributed by atoms with van der Waals surface area (Å²) in [7, 11) is 0. The van der Waals surface area contributed by atoms with Gasteiger partial charge in [-0.05, 0) is 6.07 Å². The van der Waals surface area contributed by atoms with Crippen molar-refractivity contribution in [1.82, 2.24) is 9.78 Å². The van der Waals surface area contributed by atoms with Crippen LogP contribution in [0.4, 0.5) is 5.82 Å². The minimum absolute atomic E-state index is 0.00778. The summed E-state index contributed by atoms with van der Waals surface area (Å²) in [4.78, 5) is 0. The first-order valence-electron chi connectivity index (χ1n) is 4.91. The maximum atomic E-state index is 8.84. The van der Waals surface area contributed by atoms with E-state index in [1.165, 1.54) is 0 Å². The Labute approximate surface area is 98.3 Å². The molecule has 0 unspecified atom stereocenters. The van der Waals surface area contributed by atoms with Crippen molar-refractivity contribution < 1.29 is 5.11 Å². The Hall–Kier alpha value is -1.52. The average molecular weight is 238 g/mol. The zero-order valence-electron chi connectivity index (χ0n) is 8.60. The smallest absolute Gasteiger partial charge is 0.122 e. The summed E-state index contributed by atoms with van der Waals surface area (Å²) in [5.41, 5.74) is 7.32. The number of benzene rings is 1. The molecule has 0 fully saturated rings. The summed E-state index contributed by atoms with van der Waals surface area (Å²) >= 11 is 6.06. The molecule has 0 amide bonds. The average Bonchev–Trinajstić information content (AvgIpc) is 2.61. The topological polar surface area (TPSA) is 64.1 Å². The van der Waals surface area contributed by atoms with Gasteiger partial charge in [-0.15, -0.1) is 0 Å². The van der Waals surface area contributed by atoms with E-state index in [2.05, 4.69) is 5.10 Å². The predicted octanol–water partition coefficient (Wildman–Crippen LogP) is 1.78. The fourth-order valence-corrected chi connectivity index (χ4v) is 1.74. The highest BCUT2D eigenvalue weighted by molar-refractivity contribution is 6.33. The van der Waals surface area contributed by atoms with E-state index in [0.717, 1.165) is 11.3 Å². The highest BCUT2D eigenvalue weighted by Gasteiger charge is 2.09. The van der Waals surface area contributed by atoms with Crippen LogP contribution in [0.25, 0.3) is 11.3 Å². The maximum Gasteiger partial charge on any atom is 0.122 e. The van der Waals surface area contributed by atoms with Crippen LogP contribution < -0.4 is 5.73 Å². The monoisotopic (exact) mass is 237 g/mol. The lowest BCUT2D eigenvalue weighted by Crippen LogP contribution is -2.07. The van der Waals surface area contributed by atoms with Gasteiger partial charge < -0.3 is 10.8 Å². The number of aliphatic hydroxyl groups excluding tert-OH is 1. The van der Waals surface area contributed by atoms with Gasteiger partial charge in [-0.25, -0.2) is 4.68 Å². The number of aromatic nitrogens is 2. The first kappa shape index (κ1) is 11.0. The third-order valence-corrected chi connectivity index (χ3v) is 2.60. The van der Waals surface area contributed by atoms with Crippen molar-refractivity contribution in [2.45, 2.75) is 6.54 Å². The molecule has 16 heavy (non-hydrogen) atoms. The van der Waals surface area contributed by atoms with Gasteiger partial charge in [0.15, 0.2) is 0 Å². The van der Waals surface area contributed by atoms with Crippen molar-refractivity contribution in [3.8, 4) is 11.3 Å². The summed E-state index contributed by atoms with van der Waals surface area (Å²) in [5.74, 6) is 0.518. The molecule has 0 saturated heterocycles. The largest absolute Gasteiger partial charge is 0.394 e. The minimum Gasteiger partial charge on any atom is -0.394 e. The Morgan fingerprint density at radius 2 is 2.12 bits per heavy atom. The van der Waals surface area contributed by atoms with Crippen LogP contribution in [-0.4, -0.2) is 21.5 Å². The van der Waals surface area contributed by atoms with Gasteiger partial charge in [0.05, 0.1) is 23.9 Å². The molecule has 1 aromatic carbocycles. The zero-order valence-corrected chi connectivity index (χ0v) is 9.35. The van der Waals surface area contributed by atoms with Crippen molar-refractivity contribution in [3.63, 3.8) is 0 Å². The maximum absolute atomic E-state index is 8.84. The number of nitrogens with two attached hydrogens (primary N) is 1. The lowest BCUT2D eigenvalue weighted by molar-refractivity contribution is 0.270. The van der Waals surface area contributed by atoms with Crippen molar-refractivity contribution in [2.24, 2.45) is 0 Å². The van der Waals surface area contributed by atoms with Gasteiger partial charge >= 0.3 is 0 Å². The van der Waals surface area contributed by atoms with Crippen LogP contribution in [-0.2, 0) is 6.54 Å². The molecule has 1 aromatic heterocycles. The number of halogens is 1. The van der Waals surface area contributed by atoms with Crippen LogP contribution in [0.15, 0.2) is 30.3 Å². The second-order valence-corrected chi connectivity index (χ2v) is 3.79. The Balaban J connectivity index is 2.42. The summed E-state index contributed by atoms with van der Waals surface area (Å²) in [6, 6.07) is 9.19. The number of hydrogen-bond donors (Lipinski definition) is 2. The predicted molar refractivity (Wildman–Crippen MR) is 64.2 cm³/mol. The molecule has 0 radical (unpaired) electrons. The Kier molecular flexibility index (Phi) is 3.12. The molecule has 4 nitrogen and oxygen atoms in total. The second kappa shape index (κ2) is 4.55. The van der Waals surface area contributed by atoms with Gasteiger partial charge in [-0.1, -0.05) is 29.8 Å². The SMILES string of the molecule is Nc1cc(-c2ccccc2Cl)nn1CCO. The molecule has 84 valence electrons. The molecular formula is C11H12ClN3O. The molecule has 5 heteroatoms. The number of nitrogen functional groups attached to an aromatic ring is 1. The Bertz CT molecular complexity index is 496. The van der Waals surface area contributed by atoms with Gasteiger partial charge in [-0.2, -0.15) is 5.10 Å². The number of hydrogen-bond acceptors (Lipinski definition) is 3. The quantitative estimate of drug-likeness (QED) is 0.855. The molecule has 0 saturated carbocycles. The van der Waals surface area contributed by atoms with Gasteiger partial charge in [-0.3, -0.25) is 0 Å². The standard InChI is InChI=1S/C11H12ClN3O/c12-9-4-2-1-3-8(9)10-7-11(13)15(14-10)5-6-16/h1-4,7,16H,5-6,13H2. The lowest BCUT2D eigenvalue weighted by atomic mass is 10.1. The zero-order chi connectivity index (χ0) is 11.5. The molecule has 2 rings (SSSR count). The highest BCUT2D eigenvalue weighted by Crippen LogP contribution is 2.27. The van der Waals surface area contributed by atoms with Crippen molar-refractivity contribution in [1.29, 1.82) is 0 Å². The summed E-state index contributed by atoms with van der Waals surface area (Å²) in [6.07, 6.45) is 0. The van der Waals surface area contributed by atoms with Crippen LogP contribution in [0.1, 0.15) is 0 Å². The van der Waals surface area contributed by atoms with E-state index in [1.807, 2.05) is 18.2 Å². The fourth-order valence-electron chi connectivity index (χ4n) is 1.51. The van der Waals surface area contributed by atoms with Crippen molar-refractivity contribution in [2.75, 3.05) is 12.3 Å². The molecule has 0 atom stereocenters. The lowest BCUT2D eigenvalue weighted by Gasteiger charge is -2.00. The molecule has 3 N–H and O–H groups in total.